The van der Waals surface area contributed by atoms with E-state index in [2.05, 4.69) is 17.0 Å². The van der Waals surface area contributed by atoms with E-state index in [-0.39, 0.29) is 18.8 Å². The number of likely N-dealkylation sites (tertiary alicyclic amines) is 1. The van der Waals surface area contributed by atoms with E-state index in [1.807, 2.05) is 0 Å². The second-order valence-corrected chi connectivity index (χ2v) is 6.63. The highest BCUT2D eigenvalue weighted by Crippen LogP contribution is 2.35. The molecule has 2 aromatic rings. The number of halogens is 3. The molecule has 146 valence electrons. The van der Waals surface area contributed by atoms with Crippen LogP contribution in [-0.2, 0) is 16.1 Å². The highest BCUT2D eigenvalue weighted by atomic mass is 19.2. The number of aliphatic imine (C=N–C) groups is 1. The van der Waals surface area contributed by atoms with Crippen molar-refractivity contribution in [3.05, 3.63) is 65.0 Å². The van der Waals surface area contributed by atoms with Gasteiger partial charge in [0.25, 0.3) is 0 Å². The molecule has 1 N–H and O–H groups in total. The van der Waals surface area contributed by atoms with E-state index < -0.39 is 41.1 Å². The molecule has 0 radical (unpaired) electrons. The molecule has 0 bridgehead atoms. The molecule has 2 amide bonds. The van der Waals surface area contributed by atoms with Gasteiger partial charge in [0.1, 0.15) is 11.7 Å². The third kappa shape index (κ3) is 3.62. The molecule has 0 aliphatic carbocycles. The SMILES string of the molecule is C=NCc1ccc([C@H]2CN(C)C(=O)[C@@H]2C(=O)Nc2cccc(F)c2F)cc1F. The zero-order valence-electron chi connectivity index (χ0n) is 15.1. The second kappa shape index (κ2) is 7.84. The molecule has 2 aromatic carbocycles. The van der Waals surface area contributed by atoms with E-state index in [1.54, 1.807) is 6.07 Å². The Morgan fingerprint density at radius 3 is 2.68 bits per heavy atom. The van der Waals surface area contributed by atoms with Crippen LogP contribution in [0.4, 0.5) is 18.9 Å². The Bertz CT molecular complexity index is 948. The molecule has 1 saturated heterocycles. The molecule has 3 rings (SSSR count). The maximum Gasteiger partial charge on any atom is 0.237 e. The van der Waals surface area contributed by atoms with E-state index in [0.717, 1.165) is 6.07 Å². The van der Waals surface area contributed by atoms with Crippen LogP contribution in [0.5, 0.6) is 0 Å². The monoisotopic (exact) mass is 389 g/mol. The Morgan fingerprint density at radius 1 is 1.25 bits per heavy atom. The largest absolute Gasteiger partial charge is 0.344 e. The number of hydrogen-bond donors (Lipinski definition) is 1. The zero-order chi connectivity index (χ0) is 20.4. The van der Waals surface area contributed by atoms with Gasteiger partial charge in [0.05, 0.1) is 12.2 Å². The average molecular weight is 389 g/mol. The lowest BCUT2D eigenvalue weighted by molar-refractivity contribution is -0.135. The van der Waals surface area contributed by atoms with Gasteiger partial charge < -0.3 is 10.2 Å². The van der Waals surface area contributed by atoms with Crippen LogP contribution in [0.2, 0.25) is 0 Å². The third-order valence-electron chi connectivity index (χ3n) is 4.79. The predicted molar refractivity (Wildman–Crippen MR) is 98.5 cm³/mol. The first-order valence-corrected chi connectivity index (χ1v) is 8.54. The van der Waals surface area contributed by atoms with Crippen LogP contribution in [0.3, 0.4) is 0 Å². The fourth-order valence-electron chi connectivity index (χ4n) is 3.35. The number of anilines is 1. The molecular weight excluding hydrogens is 371 g/mol. The van der Waals surface area contributed by atoms with Crippen molar-refractivity contribution in [3.8, 4) is 0 Å². The summed E-state index contributed by atoms with van der Waals surface area (Å²) in [5.74, 6) is -5.90. The molecule has 1 fully saturated rings. The first-order chi connectivity index (χ1) is 13.3. The minimum Gasteiger partial charge on any atom is -0.344 e. The number of benzene rings is 2. The number of hydrogen-bond acceptors (Lipinski definition) is 3. The van der Waals surface area contributed by atoms with Crippen LogP contribution >= 0.6 is 0 Å². The van der Waals surface area contributed by atoms with Crippen LogP contribution in [-0.4, -0.2) is 37.0 Å². The molecule has 0 saturated carbocycles. The summed E-state index contributed by atoms with van der Waals surface area (Å²) in [6, 6.07) is 7.79. The number of rotatable bonds is 5. The van der Waals surface area contributed by atoms with Gasteiger partial charge in [-0.1, -0.05) is 18.2 Å². The lowest BCUT2D eigenvalue weighted by Crippen LogP contribution is -2.33. The summed E-state index contributed by atoms with van der Waals surface area (Å²) in [6.45, 7) is 3.63. The summed E-state index contributed by atoms with van der Waals surface area (Å²) < 4.78 is 41.5. The summed E-state index contributed by atoms with van der Waals surface area (Å²) in [6.07, 6.45) is 0. The van der Waals surface area contributed by atoms with Gasteiger partial charge >= 0.3 is 0 Å². The van der Waals surface area contributed by atoms with Crippen LogP contribution in [0.1, 0.15) is 17.0 Å². The molecular formula is C20H18F3N3O2. The number of amides is 2. The maximum atomic E-state index is 14.3. The minimum atomic E-state index is -1.21. The van der Waals surface area contributed by atoms with Crippen molar-refractivity contribution < 1.29 is 22.8 Å². The maximum absolute atomic E-state index is 14.3. The van der Waals surface area contributed by atoms with E-state index in [0.29, 0.717) is 11.1 Å². The molecule has 1 aliphatic rings. The smallest absolute Gasteiger partial charge is 0.237 e. The lowest BCUT2D eigenvalue weighted by Gasteiger charge is -2.18. The van der Waals surface area contributed by atoms with Crippen molar-refractivity contribution in [2.45, 2.75) is 12.5 Å². The highest BCUT2D eigenvalue weighted by Gasteiger charge is 2.44. The van der Waals surface area contributed by atoms with Crippen molar-refractivity contribution in [3.63, 3.8) is 0 Å². The standard InChI is InChI=1S/C20H18F3N3O2/c1-24-9-12-7-6-11(8-15(12)22)13-10-26(2)20(28)17(13)19(27)25-16-5-3-4-14(21)18(16)23/h3-8,13,17H,1,9-10H2,2H3,(H,25,27)/t13-,17+/m1/s1. The molecule has 0 aromatic heterocycles. The number of likely N-dealkylation sites (N-methyl/N-ethyl adjacent to an activating group) is 1. The van der Waals surface area contributed by atoms with E-state index in [9.17, 15) is 22.8 Å². The van der Waals surface area contributed by atoms with Gasteiger partial charge in [-0.2, -0.15) is 0 Å². The fraction of sp³-hybridized carbons (Fsp3) is 0.250. The number of nitrogens with zero attached hydrogens (tertiary/aromatic N) is 2. The molecule has 2 atom stereocenters. The Morgan fingerprint density at radius 2 is 2.00 bits per heavy atom. The Balaban J connectivity index is 1.90. The summed E-state index contributed by atoms with van der Waals surface area (Å²) >= 11 is 0. The van der Waals surface area contributed by atoms with Crippen LogP contribution in [0.15, 0.2) is 41.4 Å². The van der Waals surface area contributed by atoms with Gasteiger partial charge in [-0.3, -0.25) is 14.6 Å². The molecule has 1 aliphatic heterocycles. The Kier molecular flexibility index (Phi) is 5.48. The number of carbonyl (C=O) groups is 2. The molecule has 28 heavy (non-hydrogen) atoms. The molecule has 8 heteroatoms. The molecule has 1 heterocycles. The molecule has 5 nitrogen and oxygen atoms in total. The summed E-state index contributed by atoms with van der Waals surface area (Å²) in [5, 5.41) is 2.27. The number of nitrogens with one attached hydrogen (secondary N) is 1. The molecule has 0 spiro atoms. The average Bonchev–Trinajstić information content (AvgIpc) is 2.96. The number of carbonyl (C=O) groups excluding carboxylic acids is 2. The van der Waals surface area contributed by atoms with Gasteiger partial charge in [-0.05, 0) is 30.5 Å². The normalized spacial score (nSPS) is 19.0. The van der Waals surface area contributed by atoms with Crippen molar-refractivity contribution in [2.75, 3.05) is 18.9 Å². The second-order valence-electron chi connectivity index (χ2n) is 6.63. The van der Waals surface area contributed by atoms with Gasteiger partial charge in [0, 0.05) is 25.1 Å². The first-order valence-electron chi connectivity index (χ1n) is 8.54. The first kappa shape index (κ1) is 19.6. The van der Waals surface area contributed by atoms with Crippen molar-refractivity contribution in [2.24, 2.45) is 10.9 Å². The van der Waals surface area contributed by atoms with Gasteiger partial charge in [-0.25, -0.2) is 13.2 Å². The van der Waals surface area contributed by atoms with E-state index >= 15 is 0 Å². The van der Waals surface area contributed by atoms with Gasteiger partial charge in [-0.15, -0.1) is 0 Å². The van der Waals surface area contributed by atoms with Gasteiger partial charge in [0.2, 0.25) is 11.8 Å². The Labute approximate surface area is 159 Å². The summed E-state index contributed by atoms with van der Waals surface area (Å²) in [5.41, 5.74) is 0.451. The summed E-state index contributed by atoms with van der Waals surface area (Å²) in [4.78, 5) is 30.2. The van der Waals surface area contributed by atoms with E-state index in [4.69, 9.17) is 0 Å². The topological polar surface area (TPSA) is 61.8 Å². The quantitative estimate of drug-likeness (QED) is 0.631. The lowest BCUT2D eigenvalue weighted by atomic mass is 9.87. The molecule has 0 unspecified atom stereocenters. The highest BCUT2D eigenvalue weighted by molar-refractivity contribution is 6.08. The van der Waals surface area contributed by atoms with Crippen LogP contribution in [0.25, 0.3) is 0 Å². The van der Waals surface area contributed by atoms with Crippen molar-refractivity contribution in [1.29, 1.82) is 0 Å². The van der Waals surface area contributed by atoms with Crippen LogP contribution in [0, 0.1) is 23.4 Å². The predicted octanol–water partition coefficient (Wildman–Crippen LogP) is 3.12. The van der Waals surface area contributed by atoms with E-state index in [1.165, 1.54) is 36.2 Å². The minimum absolute atomic E-state index is 0.110. The van der Waals surface area contributed by atoms with Gasteiger partial charge in [0.15, 0.2) is 11.6 Å². The third-order valence-corrected chi connectivity index (χ3v) is 4.79. The van der Waals surface area contributed by atoms with Crippen LogP contribution < -0.4 is 5.32 Å². The van der Waals surface area contributed by atoms with Crippen molar-refractivity contribution in [1.82, 2.24) is 4.90 Å². The zero-order valence-corrected chi connectivity index (χ0v) is 15.1. The van der Waals surface area contributed by atoms with Crippen molar-refractivity contribution >= 4 is 24.2 Å². The fourth-order valence-corrected chi connectivity index (χ4v) is 3.35. The summed E-state index contributed by atoms with van der Waals surface area (Å²) in [7, 11) is 1.53. The Hall–Kier alpha value is -3.16.